The molecule has 0 amide bonds. The molecule has 0 aliphatic carbocycles. The molecule has 8 nitrogen and oxygen atoms in total. The van der Waals surface area contributed by atoms with Gasteiger partial charge in [0.15, 0.2) is 0 Å². The van der Waals surface area contributed by atoms with Gasteiger partial charge in [-0.1, -0.05) is 0 Å². The van der Waals surface area contributed by atoms with Crippen molar-refractivity contribution in [2.45, 2.75) is 5.25 Å². The summed E-state index contributed by atoms with van der Waals surface area (Å²) in [6.45, 7) is -2.87. The Kier molecular flexibility index (Phi) is 12.0. The van der Waals surface area contributed by atoms with Crippen LogP contribution in [0.25, 0.3) is 0 Å². The molecule has 0 saturated heterocycles. The average Bonchev–Trinajstić information content (AvgIpc) is 2.12. The summed E-state index contributed by atoms with van der Waals surface area (Å²) < 4.78 is 30.4. The number of hydrogen-bond donors (Lipinski definition) is 5. The molecule has 94 valence electrons. The van der Waals surface area contributed by atoms with Gasteiger partial charge in [0.05, 0.1) is 25.2 Å². The summed E-state index contributed by atoms with van der Waals surface area (Å²) in [5, 5.41) is 25.1. The SMILES string of the molecule is NCC(C(CO)(CO)CO)S(=O)(=O)O.[Na+].[OH-]. The number of rotatable bonds is 6. The molecule has 0 rings (SSSR count). The predicted octanol–water partition coefficient (Wildman–Crippen LogP) is -6.01. The van der Waals surface area contributed by atoms with Gasteiger partial charge in [0.1, 0.15) is 5.25 Å². The maximum absolute atomic E-state index is 10.8. The molecule has 0 aliphatic heterocycles. The van der Waals surface area contributed by atoms with Crippen molar-refractivity contribution < 1.29 is 63.3 Å². The zero-order valence-electron chi connectivity index (χ0n) is 8.94. The average molecular weight is 269 g/mol. The van der Waals surface area contributed by atoms with Gasteiger partial charge in [0.2, 0.25) is 0 Å². The number of aliphatic hydroxyl groups excluding tert-OH is 3. The minimum atomic E-state index is -4.51. The standard InChI is InChI=1S/C6H15NO6S.Na.H2O/c7-1-5(14(11,12)13)6(2-8,3-9)4-10;;/h5,8-10H,1-4,7H2,(H,11,12,13);;1H2/q;+1;/p-1. The van der Waals surface area contributed by atoms with E-state index in [-0.39, 0.29) is 35.0 Å². The fourth-order valence-electron chi connectivity index (χ4n) is 1.14. The van der Waals surface area contributed by atoms with E-state index in [9.17, 15) is 8.42 Å². The summed E-state index contributed by atoms with van der Waals surface area (Å²) in [7, 11) is -4.51. The molecule has 1 atom stereocenters. The van der Waals surface area contributed by atoms with E-state index >= 15 is 0 Å². The molecule has 0 aromatic carbocycles. The minimum Gasteiger partial charge on any atom is -0.870 e. The van der Waals surface area contributed by atoms with Crippen molar-refractivity contribution in [2.24, 2.45) is 11.1 Å². The van der Waals surface area contributed by atoms with E-state index in [1.54, 1.807) is 0 Å². The Morgan fingerprint density at radius 1 is 1.12 bits per heavy atom. The van der Waals surface area contributed by atoms with Crippen molar-refractivity contribution in [2.75, 3.05) is 26.4 Å². The Balaban J connectivity index is -0.000000845. The first-order chi connectivity index (χ1) is 6.37. The van der Waals surface area contributed by atoms with E-state index in [0.29, 0.717) is 0 Å². The van der Waals surface area contributed by atoms with Gasteiger partial charge in [-0.05, 0) is 0 Å². The first kappa shape index (κ1) is 21.9. The molecule has 0 aromatic heterocycles. The Bertz CT molecular complexity index is 258. The fourth-order valence-corrected chi connectivity index (χ4v) is 2.24. The second-order valence-electron chi connectivity index (χ2n) is 3.08. The minimum absolute atomic E-state index is 0. The van der Waals surface area contributed by atoms with Crippen LogP contribution >= 0.6 is 0 Å². The normalized spacial score (nSPS) is 13.6. The van der Waals surface area contributed by atoms with Crippen LogP contribution in [0, 0.1) is 5.41 Å². The molecule has 0 heterocycles. The number of hydrogen-bond acceptors (Lipinski definition) is 7. The first-order valence-corrected chi connectivity index (χ1v) is 5.37. The fraction of sp³-hybridized carbons (Fsp3) is 1.00. The molecule has 0 aliphatic rings. The van der Waals surface area contributed by atoms with Crippen LogP contribution < -0.4 is 35.3 Å². The molecule has 0 fully saturated rings. The molecule has 0 aromatic rings. The van der Waals surface area contributed by atoms with Gasteiger partial charge < -0.3 is 26.5 Å². The Morgan fingerprint density at radius 3 is 1.50 bits per heavy atom. The van der Waals surface area contributed by atoms with Crippen molar-refractivity contribution in [3.05, 3.63) is 0 Å². The second-order valence-corrected chi connectivity index (χ2v) is 4.68. The van der Waals surface area contributed by atoms with Gasteiger partial charge in [-0.3, -0.25) is 4.55 Å². The van der Waals surface area contributed by atoms with Crippen LogP contribution in [0.4, 0.5) is 0 Å². The van der Waals surface area contributed by atoms with Gasteiger partial charge >= 0.3 is 29.6 Å². The summed E-state index contributed by atoms with van der Waals surface area (Å²) in [6, 6.07) is 0. The molecule has 16 heavy (non-hydrogen) atoms. The molecule has 0 radical (unpaired) electrons. The van der Waals surface area contributed by atoms with Crippen LogP contribution in [0.3, 0.4) is 0 Å². The summed E-state index contributed by atoms with van der Waals surface area (Å²) in [5.74, 6) is 0. The van der Waals surface area contributed by atoms with Crippen molar-refractivity contribution in [1.29, 1.82) is 0 Å². The topological polar surface area (TPSA) is 171 Å². The van der Waals surface area contributed by atoms with Crippen LogP contribution in [0.5, 0.6) is 0 Å². The third-order valence-electron chi connectivity index (χ3n) is 2.20. The second kappa shape index (κ2) is 8.75. The van der Waals surface area contributed by atoms with E-state index in [0.717, 1.165) is 0 Å². The Labute approximate surface area is 116 Å². The molecule has 0 saturated carbocycles. The molecule has 0 bridgehead atoms. The quantitative estimate of drug-likeness (QED) is 0.234. The smallest absolute Gasteiger partial charge is 0.870 e. The van der Waals surface area contributed by atoms with Crippen LogP contribution in [-0.4, -0.2) is 65.4 Å². The largest absolute Gasteiger partial charge is 1.00 e. The third kappa shape index (κ3) is 4.92. The summed E-state index contributed by atoms with van der Waals surface area (Å²) in [4.78, 5) is 0. The number of nitrogens with two attached hydrogens (primary N) is 1. The van der Waals surface area contributed by atoms with Gasteiger partial charge in [0, 0.05) is 6.54 Å². The number of aliphatic hydroxyl groups is 3. The molecule has 7 N–H and O–H groups in total. The zero-order chi connectivity index (χ0) is 11.4. The monoisotopic (exact) mass is 269 g/mol. The molecular formula is C6H16NNaO7S. The van der Waals surface area contributed by atoms with Crippen LogP contribution in [0.1, 0.15) is 0 Å². The van der Waals surface area contributed by atoms with Crippen LogP contribution in [0.2, 0.25) is 0 Å². The molecule has 0 spiro atoms. The summed E-state index contributed by atoms with van der Waals surface area (Å²) in [6.07, 6.45) is 0. The molecular weight excluding hydrogens is 253 g/mol. The van der Waals surface area contributed by atoms with Crippen molar-refractivity contribution in [3.8, 4) is 0 Å². The van der Waals surface area contributed by atoms with Gasteiger partial charge in [-0.25, -0.2) is 0 Å². The predicted molar refractivity (Wildman–Crippen MR) is 50.0 cm³/mol. The van der Waals surface area contributed by atoms with Gasteiger partial charge in [-0.2, -0.15) is 8.42 Å². The maximum atomic E-state index is 10.8. The Hall–Kier alpha value is 0.710. The van der Waals surface area contributed by atoms with Gasteiger partial charge in [0.25, 0.3) is 10.1 Å². The van der Waals surface area contributed by atoms with E-state index < -0.39 is 47.1 Å². The zero-order valence-corrected chi connectivity index (χ0v) is 11.8. The third-order valence-corrected chi connectivity index (χ3v) is 3.61. The van der Waals surface area contributed by atoms with E-state index in [4.69, 9.17) is 25.6 Å². The summed E-state index contributed by atoms with van der Waals surface area (Å²) in [5.41, 5.74) is 3.38. The Morgan fingerprint density at radius 2 is 1.44 bits per heavy atom. The maximum Gasteiger partial charge on any atom is 1.00 e. The van der Waals surface area contributed by atoms with Crippen molar-refractivity contribution in [3.63, 3.8) is 0 Å². The van der Waals surface area contributed by atoms with Crippen molar-refractivity contribution in [1.82, 2.24) is 0 Å². The molecule has 1 unspecified atom stereocenters. The van der Waals surface area contributed by atoms with E-state index in [2.05, 4.69) is 0 Å². The van der Waals surface area contributed by atoms with Crippen molar-refractivity contribution >= 4 is 10.1 Å². The van der Waals surface area contributed by atoms with Crippen LogP contribution in [0.15, 0.2) is 0 Å². The van der Waals surface area contributed by atoms with Crippen LogP contribution in [-0.2, 0) is 10.1 Å². The van der Waals surface area contributed by atoms with E-state index in [1.807, 2.05) is 0 Å². The molecule has 10 heteroatoms. The first-order valence-electron chi connectivity index (χ1n) is 3.87. The van der Waals surface area contributed by atoms with Gasteiger partial charge in [-0.15, -0.1) is 0 Å². The summed E-state index contributed by atoms with van der Waals surface area (Å²) >= 11 is 0. The van der Waals surface area contributed by atoms with E-state index in [1.165, 1.54) is 0 Å².